The maximum atomic E-state index is 12.4. The summed E-state index contributed by atoms with van der Waals surface area (Å²) in [4.78, 5) is 26.2. The van der Waals surface area contributed by atoms with Gasteiger partial charge in [-0.3, -0.25) is 9.59 Å². The number of nitrogens with zero attached hydrogens (tertiary/aromatic N) is 1. The van der Waals surface area contributed by atoms with E-state index in [1.54, 1.807) is 0 Å². The van der Waals surface area contributed by atoms with Gasteiger partial charge in [0.2, 0.25) is 11.8 Å². The van der Waals surface area contributed by atoms with Crippen LogP contribution in [-0.2, 0) is 22.6 Å². The van der Waals surface area contributed by atoms with E-state index in [0.29, 0.717) is 32.5 Å². The molecule has 0 aliphatic carbocycles. The lowest BCUT2D eigenvalue weighted by Gasteiger charge is -2.22. The molecule has 132 valence electrons. The number of hydrogen-bond donors (Lipinski definition) is 1. The van der Waals surface area contributed by atoms with E-state index in [0.717, 1.165) is 11.1 Å². The van der Waals surface area contributed by atoms with Gasteiger partial charge in [0.15, 0.2) is 0 Å². The highest BCUT2D eigenvalue weighted by molar-refractivity contribution is 5.80. The smallest absolute Gasteiger partial charge is 0.224 e. The van der Waals surface area contributed by atoms with E-state index in [2.05, 4.69) is 18.3 Å². The molecule has 1 N–H and O–H groups in total. The highest BCUT2D eigenvalue weighted by atomic mass is 16.2. The molecule has 0 saturated carbocycles. The van der Waals surface area contributed by atoms with Gasteiger partial charge in [0.05, 0.1) is 6.42 Å². The Labute approximate surface area is 149 Å². The van der Waals surface area contributed by atoms with Gasteiger partial charge in [-0.2, -0.15) is 0 Å². The highest BCUT2D eigenvalue weighted by Gasteiger charge is 2.13. The third-order valence-electron chi connectivity index (χ3n) is 4.23. The molecule has 2 rings (SSSR count). The van der Waals surface area contributed by atoms with Gasteiger partial charge < -0.3 is 10.2 Å². The molecule has 2 aromatic carbocycles. The minimum Gasteiger partial charge on any atom is -0.355 e. The summed E-state index contributed by atoms with van der Waals surface area (Å²) in [7, 11) is 0. The van der Waals surface area contributed by atoms with E-state index in [1.807, 2.05) is 60.4 Å². The van der Waals surface area contributed by atoms with Gasteiger partial charge in [-0.05, 0) is 30.5 Å². The van der Waals surface area contributed by atoms with Gasteiger partial charge in [0.25, 0.3) is 0 Å². The standard InChI is InChI=1S/C21H26N2O2/c1-3-23(16-19-12-8-7-9-17(19)2)21(25)13-14-22-20(24)15-18-10-5-4-6-11-18/h4-12H,3,13-16H2,1-2H3,(H,22,24). The van der Waals surface area contributed by atoms with E-state index < -0.39 is 0 Å². The molecule has 0 aromatic heterocycles. The molecule has 0 aliphatic rings. The van der Waals surface area contributed by atoms with Crippen molar-refractivity contribution in [3.8, 4) is 0 Å². The van der Waals surface area contributed by atoms with Crippen LogP contribution in [0.3, 0.4) is 0 Å². The summed E-state index contributed by atoms with van der Waals surface area (Å²) < 4.78 is 0. The van der Waals surface area contributed by atoms with Crippen LogP contribution in [0.4, 0.5) is 0 Å². The predicted molar refractivity (Wildman–Crippen MR) is 100 cm³/mol. The Morgan fingerprint density at radius 3 is 2.36 bits per heavy atom. The summed E-state index contributed by atoms with van der Waals surface area (Å²) in [5.74, 6) is 0.00622. The molecule has 0 heterocycles. The first-order chi connectivity index (χ1) is 12.1. The molecule has 0 saturated heterocycles. The molecule has 0 bridgehead atoms. The van der Waals surface area contributed by atoms with E-state index in [9.17, 15) is 9.59 Å². The van der Waals surface area contributed by atoms with Crippen LogP contribution in [0.25, 0.3) is 0 Å². The van der Waals surface area contributed by atoms with E-state index in [4.69, 9.17) is 0 Å². The maximum Gasteiger partial charge on any atom is 0.224 e. The van der Waals surface area contributed by atoms with Gasteiger partial charge in [0.1, 0.15) is 0 Å². The third kappa shape index (κ3) is 6.07. The summed E-state index contributed by atoms with van der Waals surface area (Å²) in [6, 6.07) is 17.7. The van der Waals surface area contributed by atoms with Crippen molar-refractivity contribution in [2.24, 2.45) is 0 Å². The quantitative estimate of drug-likeness (QED) is 0.804. The van der Waals surface area contributed by atoms with Crippen molar-refractivity contribution in [2.45, 2.75) is 33.2 Å². The van der Waals surface area contributed by atoms with Gasteiger partial charge >= 0.3 is 0 Å². The van der Waals surface area contributed by atoms with Gasteiger partial charge in [-0.25, -0.2) is 0 Å². The zero-order chi connectivity index (χ0) is 18.1. The number of benzene rings is 2. The molecular formula is C21H26N2O2. The van der Waals surface area contributed by atoms with Crippen LogP contribution < -0.4 is 5.32 Å². The number of carbonyl (C=O) groups excluding carboxylic acids is 2. The lowest BCUT2D eigenvalue weighted by molar-refractivity contribution is -0.131. The highest BCUT2D eigenvalue weighted by Crippen LogP contribution is 2.11. The fourth-order valence-corrected chi connectivity index (χ4v) is 2.68. The fourth-order valence-electron chi connectivity index (χ4n) is 2.68. The predicted octanol–water partition coefficient (Wildman–Crippen LogP) is 3.09. The first-order valence-electron chi connectivity index (χ1n) is 8.73. The van der Waals surface area contributed by atoms with Gasteiger partial charge in [-0.1, -0.05) is 54.6 Å². The second-order valence-corrected chi connectivity index (χ2v) is 6.10. The number of carbonyl (C=O) groups is 2. The Balaban J connectivity index is 1.78. The lowest BCUT2D eigenvalue weighted by Crippen LogP contribution is -2.34. The van der Waals surface area contributed by atoms with E-state index in [1.165, 1.54) is 5.56 Å². The minimum absolute atomic E-state index is 0.0547. The van der Waals surface area contributed by atoms with Crippen LogP contribution in [0.15, 0.2) is 54.6 Å². The largest absolute Gasteiger partial charge is 0.355 e. The average molecular weight is 338 g/mol. The molecule has 0 fully saturated rings. The Hall–Kier alpha value is -2.62. The first kappa shape index (κ1) is 18.7. The van der Waals surface area contributed by atoms with Crippen molar-refractivity contribution in [1.82, 2.24) is 10.2 Å². The summed E-state index contributed by atoms with van der Waals surface area (Å²) in [5.41, 5.74) is 3.32. The van der Waals surface area contributed by atoms with Gasteiger partial charge in [-0.15, -0.1) is 0 Å². The second kappa shape index (κ2) is 9.62. The molecule has 4 nitrogen and oxygen atoms in total. The minimum atomic E-state index is -0.0547. The van der Waals surface area contributed by atoms with Gasteiger partial charge in [0, 0.05) is 26.1 Å². The van der Waals surface area contributed by atoms with Crippen LogP contribution in [0.5, 0.6) is 0 Å². The van der Waals surface area contributed by atoms with Crippen molar-refractivity contribution in [3.63, 3.8) is 0 Å². The zero-order valence-electron chi connectivity index (χ0n) is 15.0. The molecule has 4 heteroatoms. The van der Waals surface area contributed by atoms with Crippen molar-refractivity contribution < 1.29 is 9.59 Å². The van der Waals surface area contributed by atoms with E-state index >= 15 is 0 Å². The number of rotatable bonds is 8. The molecule has 0 unspecified atom stereocenters. The lowest BCUT2D eigenvalue weighted by atomic mass is 10.1. The number of amides is 2. The van der Waals surface area contributed by atoms with Crippen LogP contribution in [0.2, 0.25) is 0 Å². The van der Waals surface area contributed by atoms with Crippen molar-refractivity contribution in [3.05, 3.63) is 71.3 Å². The van der Waals surface area contributed by atoms with Crippen LogP contribution in [0, 0.1) is 6.92 Å². The van der Waals surface area contributed by atoms with E-state index in [-0.39, 0.29) is 11.8 Å². The Morgan fingerprint density at radius 2 is 1.68 bits per heavy atom. The summed E-state index contributed by atoms with van der Waals surface area (Å²) in [6.45, 7) is 5.67. The van der Waals surface area contributed by atoms with Crippen molar-refractivity contribution >= 4 is 11.8 Å². The van der Waals surface area contributed by atoms with Crippen LogP contribution in [0.1, 0.15) is 30.0 Å². The van der Waals surface area contributed by atoms with Crippen LogP contribution in [-0.4, -0.2) is 29.8 Å². The second-order valence-electron chi connectivity index (χ2n) is 6.10. The van der Waals surface area contributed by atoms with Crippen molar-refractivity contribution in [1.29, 1.82) is 0 Å². The third-order valence-corrected chi connectivity index (χ3v) is 4.23. The average Bonchev–Trinajstić information content (AvgIpc) is 2.61. The summed E-state index contributed by atoms with van der Waals surface area (Å²) in [5, 5.41) is 2.83. The van der Waals surface area contributed by atoms with Crippen molar-refractivity contribution in [2.75, 3.05) is 13.1 Å². The number of hydrogen-bond acceptors (Lipinski definition) is 2. The molecule has 0 spiro atoms. The SMILES string of the molecule is CCN(Cc1ccccc1C)C(=O)CCNC(=O)Cc1ccccc1. The maximum absolute atomic E-state index is 12.4. The molecule has 0 radical (unpaired) electrons. The number of aryl methyl sites for hydroxylation is 1. The Morgan fingerprint density at radius 1 is 1.00 bits per heavy atom. The molecular weight excluding hydrogens is 312 g/mol. The molecule has 0 atom stereocenters. The first-order valence-corrected chi connectivity index (χ1v) is 8.73. The topological polar surface area (TPSA) is 49.4 Å². The summed E-state index contributed by atoms with van der Waals surface area (Å²) in [6.07, 6.45) is 0.663. The van der Waals surface area contributed by atoms with Crippen LogP contribution >= 0.6 is 0 Å². The Kier molecular flexibility index (Phi) is 7.20. The molecule has 2 aromatic rings. The number of nitrogens with one attached hydrogen (secondary N) is 1. The Bertz CT molecular complexity index is 698. The molecule has 25 heavy (non-hydrogen) atoms. The molecule has 2 amide bonds. The molecule has 0 aliphatic heterocycles. The zero-order valence-corrected chi connectivity index (χ0v) is 15.0. The monoisotopic (exact) mass is 338 g/mol. The normalized spacial score (nSPS) is 10.3. The fraction of sp³-hybridized carbons (Fsp3) is 0.333. The summed E-state index contributed by atoms with van der Waals surface area (Å²) >= 11 is 0.